The summed E-state index contributed by atoms with van der Waals surface area (Å²) in [5.41, 5.74) is 1.10. The Morgan fingerprint density at radius 2 is 2.04 bits per heavy atom. The maximum Gasteiger partial charge on any atom is 0.221 e. The minimum atomic E-state index is 0.00861. The Labute approximate surface area is 167 Å². The first kappa shape index (κ1) is 21.3. The highest BCUT2D eigenvalue weighted by Gasteiger charge is 2.32. The molecule has 1 aliphatic heterocycles. The molecule has 0 aromatic heterocycles. The van der Waals surface area contributed by atoms with Crippen LogP contribution in [0.4, 0.5) is 0 Å². The second-order valence-corrected chi connectivity index (χ2v) is 7.99. The molecule has 0 radical (unpaired) electrons. The van der Waals surface area contributed by atoms with E-state index >= 15 is 0 Å². The van der Waals surface area contributed by atoms with Gasteiger partial charge in [-0.05, 0) is 63.5 Å². The van der Waals surface area contributed by atoms with Gasteiger partial charge in [0.1, 0.15) is 0 Å². The van der Waals surface area contributed by atoms with Gasteiger partial charge in [0.15, 0.2) is 16.6 Å². The van der Waals surface area contributed by atoms with E-state index in [9.17, 15) is 4.79 Å². The van der Waals surface area contributed by atoms with Crippen molar-refractivity contribution in [1.29, 1.82) is 0 Å². The van der Waals surface area contributed by atoms with Gasteiger partial charge in [0.05, 0.1) is 14.2 Å². The number of benzene rings is 1. The summed E-state index contributed by atoms with van der Waals surface area (Å²) in [7, 11) is 3.23. The molecule has 0 spiro atoms. The van der Waals surface area contributed by atoms with Crippen LogP contribution < -0.4 is 20.1 Å². The average molecular weight is 394 g/mol. The molecule has 0 bridgehead atoms. The summed E-state index contributed by atoms with van der Waals surface area (Å²) in [6, 6.07) is 6.12. The molecule has 1 aromatic rings. The molecule has 1 saturated heterocycles. The molecular formula is C20H31N3O3S. The van der Waals surface area contributed by atoms with E-state index in [1.165, 1.54) is 0 Å². The number of ether oxygens (including phenoxy) is 2. The number of nitrogens with zero attached hydrogens (tertiary/aromatic N) is 1. The summed E-state index contributed by atoms with van der Waals surface area (Å²) in [4.78, 5) is 14.3. The maximum atomic E-state index is 12.2. The van der Waals surface area contributed by atoms with E-state index in [0.29, 0.717) is 37.1 Å². The second-order valence-electron chi connectivity index (χ2n) is 7.60. The molecule has 1 aliphatic rings. The molecule has 1 heterocycles. The van der Waals surface area contributed by atoms with Crippen LogP contribution in [0.15, 0.2) is 18.2 Å². The molecule has 0 saturated carbocycles. The summed E-state index contributed by atoms with van der Waals surface area (Å²) in [5, 5.41) is 7.06. The number of hydrogen-bond acceptors (Lipinski definition) is 4. The first-order valence-corrected chi connectivity index (χ1v) is 9.73. The number of thiocarbonyl (C=S) groups is 1. The van der Waals surface area contributed by atoms with Crippen molar-refractivity contribution in [1.82, 2.24) is 15.5 Å². The molecule has 6 nitrogen and oxygen atoms in total. The maximum absolute atomic E-state index is 12.2. The van der Waals surface area contributed by atoms with Gasteiger partial charge in [0.2, 0.25) is 5.91 Å². The van der Waals surface area contributed by atoms with E-state index < -0.39 is 0 Å². The third-order valence-corrected chi connectivity index (χ3v) is 5.14. The van der Waals surface area contributed by atoms with E-state index in [1.54, 1.807) is 14.2 Å². The zero-order valence-corrected chi connectivity index (χ0v) is 17.7. The molecule has 150 valence electrons. The average Bonchev–Trinajstić information content (AvgIpc) is 2.59. The fraction of sp³-hybridized carbons (Fsp3) is 0.600. The van der Waals surface area contributed by atoms with E-state index in [1.807, 2.05) is 18.2 Å². The second kappa shape index (κ2) is 9.26. The van der Waals surface area contributed by atoms with Crippen molar-refractivity contribution < 1.29 is 14.3 Å². The Bertz CT molecular complexity index is 678. The molecule has 1 fully saturated rings. The van der Waals surface area contributed by atoms with Crippen LogP contribution in [0.1, 0.15) is 39.2 Å². The van der Waals surface area contributed by atoms with Crippen LogP contribution in [-0.4, -0.2) is 54.8 Å². The minimum absolute atomic E-state index is 0.00861. The van der Waals surface area contributed by atoms with Crippen molar-refractivity contribution in [2.75, 3.05) is 27.3 Å². The molecule has 2 rings (SSSR count). The number of methoxy groups -OCH3 is 2. The Kier molecular flexibility index (Phi) is 7.30. The van der Waals surface area contributed by atoms with E-state index in [4.69, 9.17) is 21.7 Å². The lowest BCUT2D eigenvalue weighted by Crippen LogP contribution is -2.60. The zero-order valence-electron chi connectivity index (χ0n) is 16.9. The SMILES string of the molecule is COc1ccc(CCNC(=O)CCN2C(=S)NC(C)(C)C[C@@H]2C)cc1OC. The van der Waals surface area contributed by atoms with Gasteiger partial charge < -0.3 is 25.0 Å². The summed E-state index contributed by atoms with van der Waals surface area (Å²) in [5.74, 6) is 1.44. The number of carbonyl (C=O) groups excluding carboxylic acids is 1. The summed E-state index contributed by atoms with van der Waals surface area (Å²) < 4.78 is 10.5. The van der Waals surface area contributed by atoms with Gasteiger partial charge in [-0.1, -0.05) is 6.07 Å². The van der Waals surface area contributed by atoms with Gasteiger partial charge in [-0.15, -0.1) is 0 Å². The van der Waals surface area contributed by atoms with Crippen LogP contribution in [0.5, 0.6) is 11.5 Å². The van der Waals surface area contributed by atoms with Crippen molar-refractivity contribution in [3.8, 4) is 11.5 Å². The molecule has 2 N–H and O–H groups in total. The van der Waals surface area contributed by atoms with Gasteiger partial charge in [-0.25, -0.2) is 0 Å². The van der Waals surface area contributed by atoms with Gasteiger partial charge >= 0.3 is 0 Å². The number of rotatable bonds is 8. The van der Waals surface area contributed by atoms with Crippen molar-refractivity contribution in [3.05, 3.63) is 23.8 Å². The van der Waals surface area contributed by atoms with Crippen molar-refractivity contribution in [3.63, 3.8) is 0 Å². The van der Waals surface area contributed by atoms with Crippen LogP contribution in [-0.2, 0) is 11.2 Å². The monoisotopic (exact) mass is 393 g/mol. The van der Waals surface area contributed by atoms with Crippen LogP contribution in [0.3, 0.4) is 0 Å². The number of hydrogen-bond donors (Lipinski definition) is 2. The fourth-order valence-corrected chi connectivity index (χ4v) is 4.02. The summed E-state index contributed by atoms with van der Waals surface area (Å²) in [6.45, 7) is 7.66. The lowest BCUT2D eigenvalue weighted by atomic mass is 9.93. The standard InChI is InChI=1S/C20H31N3O3S/c1-14-13-20(2,3)22-19(27)23(14)11-9-18(24)21-10-8-15-6-7-16(25-4)17(12-15)26-5/h6-7,12,14H,8-11,13H2,1-5H3,(H,21,24)(H,22,27)/t14-/m0/s1. The Morgan fingerprint density at radius 3 is 2.67 bits per heavy atom. The number of carbonyl (C=O) groups is 1. The Balaban J connectivity index is 1.76. The first-order chi connectivity index (χ1) is 12.8. The van der Waals surface area contributed by atoms with Crippen LogP contribution in [0.2, 0.25) is 0 Å². The Morgan fingerprint density at radius 1 is 1.33 bits per heavy atom. The van der Waals surface area contributed by atoms with Crippen molar-refractivity contribution >= 4 is 23.2 Å². The normalized spacial score (nSPS) is 18.6. The topological polar surface area (TPSA) is 62.8 Å². The molecular weight excluding hydrogens is 362 g/mol. The van der Waals surface area contributed by atoms with Crippen LogP contribution in [0, 0.1) is 0 Å². The van der Waals surface area contributed by atoms with Gasteiger partial charge in [-0.3, -0.25) is 4.79 Å². The van der Waals surface area contributed by atoms with Crippen molar-refractivity contribution in [2.24, 2.45) is 0 Å². The fourth-order valence-electron chi connectivity index (χ4n) is 3.48. The predicted molar refractivity (Wildman–Crippen MR) is 111 cm³/mol. The first-order valence-electron chi connectivity index (χ1n) is 9.32. The predicted octanol–water partition coefficient (Wildman–Crippen LogP) is 2.50. The molecule has 1 aromatic carbocycles. The summed E-state index contributed by atoms with van der Waals surface area (Å²) >= 11 is 5.46. The largest absolute Gasteiger partial charge is 0.493 e. The molecule has 1 atom stereocenters. The lowest BCUT2D eigenvalue weighted by Gasteiger charge is -2.44. The molecule has 1 amide bonds. The quantitative estimate of drug-likeness (QED) is 0.662. The van der Waals surface area contributed by atoms with Crippen molar-refractivity contribution in [2.45, 2.75) is 51.6 Å². The third-order valence-electron chi connectivity index (χ3n) is 4.81. The highest BCUT2D eigenvalue weighted by atomic mass is 32.1. The molecule has 0 aliphatic carbocycles. The van der Waals surface area contributed by atoms with Gasteiger partial charge in [0, 0.05) is 31.1 Å². The highest BCUT2D eigenvalue weighted by molar-refractivity contribution is 7.80. The number of amides is 1. The van der Waals surface area contributed by atoms with E-state index in [-0.39, 0.29) is 11.4 Å². The molecule has 7 heteroatoms. The smallest absolute Gasteiger partial charge is 0.221 e. The number of nitrogens with one attached hydrogen (secondary N) is 2. The minimum Gasteiger partial charge on any atom is -0.493 e. The van der Waals surface area contributed by atoms with E-state index in [2.05, 4.69) is 36.3 Å². The lowest BCUT2D eigenvalue weighted by molar-refractivity contribution is -0.121. The molecule has 27 heavy (non-hydrogen) atoms. The summed E-state index contributed by atoms with van der Waals surface area (Å²) in [6.07, 6.45) is 2.16. The van der Waals surface area contributed by atoms with Crippen LogP contribution in [0.25, 0.3) is 0 Å². The highest BCUT2D eigenvalue weighted by Crippen LogP contribution is 2.27. The Hall–Kier alpha value is -2.02. The van der Waals surface area contributed by atoms with Crippen LogP contribution >= 0.6 is 12.2 Å². The van der Waals surface area contributed by atoms with Gasteiger partial charge in [0.25, 0.3) is 0 Å². The molecule has 0 unspecified atom stereocenters. The van der Waals surface area contributed by atoms with Gasteiger partial charge in [-0.2, -0.15) is 0 Å². The zero-order chi connectivity index (χ0) is 20.0. The van der Waals surface area contributed by atoms with E-state index in [0.717, 1.165) is 23.5 Å². The third kappa shape index (κ3) is 5.99.